The second kappa shape index (κ2) is 6.91. The van der Waals surface area contributed by atoms with Gasteiger partial charge in [-0.3, -0.25) is 4.79 Å². The largest absolute Gasteiger partial charge is 0.508 e. The smallest absolute Gasteiger partial charge is 0.225 e. The van der Waals surface area contributed by atoms with Crippen LogP contribution >= 0.6 is 0 Å². The fourth-order valence-corrected chi connectivity index (χ4v) is 3.52. The van der Waals surface area contributed by atoms with E-state index in [-0.39, 0.29) is 18.1 Å². The molecule has 2 fully saturated rings. The zero-order valence-corrected chi connectivity index (χ0v) is 13.7. The van der Waals surface area contributed by atoms with Crippen LogP contribution in [0, 0.1) is 5.92 Å². The van der Waals surface area contributed by atoms with Gasteiger partial charge in [0.1, 0.15) is 5.75 Å². The van der Waals surface area contributed by atoms with Crippen LogP contribution < -0.4 is 0 Å². The summed E-state index contributed by atoms with van der Waals surface area (Å²) in [5.74, 6) is 0.883. The van der Waals surface area contributed by atoms with Crippen molar-refractivity contribution in [2.45, 2.75) is 63.5 Å². The second-order valence-electron chi connectivity index (χ2n) is 7.35. The summed E-state index contributed by atoms with van der Waals surface area (Å²) in [5, 5.41) is 20.3. The molecule has 4 heteroatoms. The van der Waals surface area contributed by atoms with E-state index in [4.69, 9.17) is 0 Å². The van der Waals surface area contributed by atoms with Gasteiger partial charge in [-0.1, -0.05) is 31.4 Å². The molecule has 0 heterocycles. The molecular weight excluding hydrogens is 290 g/mol. The van der Waals surface area contributed by atoms with Crippen molar-refractivity contribution in [3.05, 3.63) is 29.8 Å². The van der Waals surface area contributed by atoms with Crippen LogP contribution in [0.4, 0.5) is 0 Å². The lowest BCUT2D eigenvalue weighted by Gasteiger charge is -2.34. The fourth-order valence-electron chi connectivity index (χ4n) is 3.52. The zero-order chi connectivity index (χ0) is 16.3. The van der Waals surface area contributed by atoms with Gasteiger partial charge in [-0.25, -0.2) is 0 Å². The molecule has 23 heavy (non-hydrogen) atoms. The molecule has 0 saturated heterocycles. The van der Waals surface area contributed by atoms with Crippen LogP contribution in [-0.4, -0.2) is 33.2 Å². The quantitative estimate of drug-likeness (QED) is 0.847. The molecule has 1 amide bonds. The Hall–Kier alpha value is -1.55. The molecule has 1 aromatic rings. The Bertz CT molecular complexity index is 547. The average molecular weight is 317 g/mol. The SMILES string of the molecule is O=C(CC1(O)CCCCC1)N(Cc1cccc(O)c1)CC1CC1. The minimum atomic E-state index is -0.810. The number of aliphatic hydroxyl groups is 1. The third-order valence-corrected chi connectivity index (χ3v) is 5.08. The summed E-state index contributed by atoms with van der Waals surface area (Å²) in [6.45, 7) is 1.28. The van der Waals surface area contributed by atoms with E-state index in [1.165, 1.54) is 12.8 Å². The fraction of sp³-hybridized carbons (Fsp3) is 0.632. The van der Waals surface area contributed by atoms with Crippen LogP contribution in [0.1, 0.15) is 56.9 Å². The number of benzene rings is 1. The normalized spacial score (nSPS) is 20.2. The molecule has 0 spiro atoms. The molecule has 2 saturated carbocycles. The number of hydrogen-bond acceptors (Lipinski definition) is 3. The Balaban J connectivity index is 1.66. The number of nitrogens with zero attached hydrogens (tertiary/aromatic N) is 1. The van der Waals surface area contributed by atoms with E-state index in [9.17, 15) is 15.0 Å². The first kappa shape index (κ1) is 16.3. The molecule has 3 rings (SSSR count). The molecule has 4 nitrogen and oxygen atoms in total. The van der Waals surface area contributed by atoms with Gasteiger partial charge in [0.2, 0.25) is 5.91 Å². The van der Waals surface area contributed by atoms with E-state index in [1.54, 1.807) is 18.2 Å². The second-order valence-corrected chi connectivity index (χ2v) is 7.35. The van der Waals surface area contributed by atoms with E-state index < -0.39 is 5.60 Å². The first-order valence-electron chi connectivity index (χ1n) is 8.82. The van der Waals surface area contributed by atoms with E-state index in [1.807, 2.05) is 11.0 Å². The number of hydrogen-bond donors (Lipinski definition) is 2. The Kier molecular flexibility index (Phi) is 4.90. The van der Waals surface area contributed by atoms with Crippen LogP contribution in [-0.2, 0) is 11.3 Å². The summed E-state index contributed by atoms with van der Waals surface area (Å²) in [6, 6.07) is 7.09. The topological polar surface area (TPSA) is 60.8 Å². The summed E-state index contributed by atoms with van der Waals surface area (Å²) in [6.07, 6.45) is 7.27. The first-order valence-corrected chi connectivity index (χ1v) is 8.82. The highest BCUT2D eigenvalue weighted by molar-refractivity contribution is 5.77. The van der Waals surface area contributed by atoms with Crippen LogP contribution in [0.5, 0.6) is 5.75 Å². The number of aromatic hydroxyl groups is 1. The van der Waals surface area contributed by atoms with Crippen LogP contribution in [0.25, 0.3) is 0 Å². The van der Waals surface area contributed by atoms with Crippen molar-refractivity contribution < 1.29 is 15.0 Å². The van der Waals surface area contributed by atoms with Crippen molar-refractivity contribution in [2.24, 2.45) is 5.92 Å². The summed E-state index contributed by atoms with van der Waals surface area (Å²) in [4.78, 5) is 14.6. The predicted octanol–water partition coefficient (Wildman–Crippen LogP) is 3.22. The molecule has 2 aliphatic carbocycles. The van der Waals surface area contributed by atoms with Gasteiger partial charge in [-0.05, 0) is 49.3 Å². The van der Waals surface area contributed by atoms with Crippen molar-refractivity contribution in [3.8, 4) is 5.75 Å². The maximum atomic E-state index is 12.8. The minimum Gasteiger partial charge on any atom is -0.508 e. The molecule has 0 aromatic heterocycles. The van der Waals surface area contributed by atoms with Gasteiger partial charge in [0.05, 0.1) is 12.0 Å². The number of carbonyl (C=O) groups excluding carboxylic acids is 1. The number of amides is 1. The van der Waals surface area contributed by atoms with Gasteiger partial charge in [0, 0.05) is 13.1 Å². The van der Waals surface area contributed by atoms with Crippen molar-refractivity contribution in [1.29, 1.82) is 0 Å². The van der Waals surface area contributed by atoms with Crippen LogP contribution in [0.2, 0.25) is 0 Å². The predicted molar refractivity (Wildman–Crippen MR) is 88.9 cm³/mol. The van der Waals surface area contributed by atoms with Gasteiger partial charge in [-0.2, -0.15) is 0 Å². The van der Waals surface area contributed by atoms with Crippen molar-refractivity contribution in [2.75, 3.05) is 6.54 Å². The minimum absolute atomic E-state index is 0.0460. The number of phenols is 1. The monoisotopic (exact) mass is 317 g/mol. The third-order valence-electron chi connectivity index (χ3n) is 5.08. The zero-order valence-electron chi connectivity index (χ0n) is 13.7. The van der Waals surface area contributed by atoms with Crippen LogP contribution in [0.3, 0.4) is 0 Å². The molecule has 2 N–H and O–H groups in total. The van der Waals surface area contributed by atoms with E-state index >= 15 is 0 Å². The standard InChI is InChI=1S/C19H27NO3/c21-17-6-4-5-16(11-17)14-20(13-15-7-8-15)18(22)12-19(23)9-2-1-3-10-19/h4-6,11,15,21,23H,1-3,7-10,12-14H2. The highest BCUT2D eigenvalue weighted by Gasteiger charge is 2.35. The Morgan fingerprint density at radius 1 is 1.22 bits per heavy atom. The molecule has 0 bridgehead atoms. The van der Waals surface area contributed by atoms with Gasteiger partial charge in [0.25, 0.3) is 0 Å². The first-order chi connectivity index (χ1) is 11.0. The Morgan fingerprint density at radius 2 is 1.96 bits per heavy atom. The van der Waals surface area contributed by atoms with Crippen molar-refractivity contribution in [1.82, 2.24) is 4.90 Å². The van der Waals surface area contributed by atoms with Gasteiger partial charge < -0.3 is 15.1 Å². The maximum absolute atomic E-state index is 12.8. The third kappa shape index (κ3) is 4.71. The van der Waals surface area contributed by atoms with E-state index in [0.29, 0.717) is 12.5 Å². The lowest BCUT2D eigenvalue weighted by molar-refractivity contribution is -0.138. The highest BCUT2D eigenvalue weighted by atomic mass is 16.3. The summed E-state index contributed by atoms with van der Waals surface area (Å²) < 4.78 is 0. The average Bonchev–Trinajstić information content (AvgIpc) is 3.31. The highest BCUT2D eigenvalue weighted by Crippen LogP contribution is 2.34. The molecule has 126 valence electrons. The van der Waals surface area contributed by atoms with Gasteiger partial charge >= 0.3 is 0 Å². The summed E-state index contributed by atoms with van der Waals surface area (Å²) in [7, 11) is 0. The maximum Gasteiger partial charge on any atom is 0.225 e. The molecule has 2 aliphatic rings. The number of carbonyl (C=O) groups is 1. The van der Waals surface area contributed by atoms with Crippen LogP contribution in [0.15, 0.2) is 24.3 Å². The number of rotatable bonds is 6. The molecular formula is C19H27NO3. The van der Waals surface area contributed by atoms with E-state index in [0.717, 1.165) is 44.2 Å². The van der Waals surface area contributed by atoms with Gasteiger partial charge in [0.15, 0.2) is 0 Å². The Labute approximate surface area is 138 Å². The van der Waals surface area contributed by atoms with Gasteiger partial charge in [-0.15, -0.1) is 0 Å². The summed E-state index contributed by atoms with van der Waals surface area (Å²) in [5.41, 5.74) is 0.130. The lowest BCUT2D eigenvalue weighted by Crippen LogP contribution is -2.41. The van der Waals surface area contributed by atoms with E-state index in [2.05, 4.69) is 0 Å². The molecule has 0 radical (unpaired) electrons. The van der Waals surface area contributed by atoms with Crippen molar-refractivity contribution >= 4 is 5.91 Å². The lowest BCUT2D eigenvalue weighted by atomic mass is 9.82. The summed E-state index contributed by atoms with van der Waals surface area (Å²) >= 11 is 0. The van der Waals surface area contributed by atoms with Crippen molar-refractivity contribution in [3.63, 3.8) is 0 Å². The Morgan fingerprint density at radius 3 is 2.61 bits per heavy atom. The molecule has 1 aromatic carbocycles. The molecule has 0 aliphatic heterocycles. The molecule has 0 unspecified atom stereocenters. The molecule has 0 atom stereocenters. The number of phenolic OH excluding ortho intramolecular Hbond substituents is 1.